The summed E-state index contributed by atoms with van der Waals surface area (Å²) in [6, 6.07) is 16.4. The van der Waals surface area contributed by atoms with Gasteiger partial charge in [0.1, 0.15) is 24.3 Å². The molecule has 2 aromatic carbocycles. The predicted octanol–water partition coefficient (Wildman–Crippen LogP) is 6.32. The number of aliphatic imine (C=N–C) groups is 2. The lowest BCUT2D eigenvalue weighted by molar-refractivity contribution is -0.156. The van der Waals surface area contributed by atoms with E-state index in [0.29, 0.717) is 35.7 Å². The van der Waals surface area contributed by atoms with Crippen LogP contribution in [0.1, 0.15) is 77.0 Å². The molecule has 0 unspecified atom stereocenters. The Bertz CT molecular complexity index is 1630. The van der Waals surface area contributed by atoms with Crippen molar-refractivity contribution in [2.24, 2.45) is 15.9 Å². The molecule has 0 spiro atoms. The lowest BCUT2D eigenvalue weighted by Gasteiger charge is -2.40. The Morgan fingerprint density at radius 2 is 1.66 bits per heavy atom. The first kappa shape index (κ1) is 40.4. The lowest BCUT2D eigenvalue weighted by Crippen LogP contribution is -2.49. The molecule has 3 aliphatic rings. The van der Waals surface area contributed by atoms with E-state index in [2.05, 4.69) is 62.1 Å². The van der Waals surface area contributed by atoms with Gasteiger partial charge in [0.15, 0.2) is 0 Å². The highest BCUT2D eigenvalue weighted by molar-refractivity contribution is 6.30. The summed E-state index contributed by atoms with van der Waals surface area (Å²) in [6.07, 6.45) is 9.97. The van der Waals surface area contributed by atoms with Gasteiger partial charge in [0.2, 0.25) is 0 Å². The van der Waals surface area contributed by atoms with Crippen LogP contribution in [0.25, 0.3) is 0 Å². The molecule has 286 valence electrons. The van der Waals surface area contributed by atoms with Gasteiger partial charge in [-0.05, 0) is 126 Å². The van der Waals surface area contributed by atoms with Crippen LogP contribution in [0.4, 0.5) is 0 Å². The Morgan fingerprint density at radius 1 is 0.943 bits per heavy atom. The molecular formula is C42H58ClN7O3. The largest absolute Gasteiger partial charge is 0.487 e. The zero-order chi connectivity index (χ0) is 37.8. The molecule has 1 N–H and O–H groups in total. The number of halogens is 1. The molecule has 3 heterocycles. The molecule has 2 aromatic rings. The van der Waals surface area contributed by atoms with E-state index in [1.54, 1.807) is 18.6 Å². The van der Waals surface area contributed by atoms with Gasteiger partial charge in [-0.2, -0.15) is 5.26 Å². The first-order valence-electron chi connectivity index (χ1n) is 19.2. The SMILES string of the molecule is CC(C)(C)OC(=O)CN1CCC(CN2CCC(N3CCN=CN=CC=C(COc4ccc(C(C)(C)c5cc(Cl)cc(C#N)c5)cc4)NCC3)CC2)CC1. The summed E-state index contributed by atoms with van der Waals surface area (Å²) in [5.74, 6) is 1.34. The summed E-state index contributed by atoms with van der Waals surface area (Å²) in [4.78, 5) is 28.7. The molecule has 2 saturated heterocycles. The number of hydrogen-bond acceptors (Lipinski definition) is 10. The summed E-state index contributed by atoms with van der Waals surface area (Å²) in [5, 5.41) is 13.6. The normalized spacial score (nSPS) is 19.4. The first-order chi connectivity index (χ1) is 25.4. The quantitative estimate of drug-likeness (QED) is 0.282. The smallest absolute Gasteiger partial charge is 0.320 e. The number of piperidine rings is 2. The monoisotopic (exact) mass is 743 g/mol. The number of benzene rings is 2. The number of likely N-dealkylation sites (tertiary alicyclic amines) is 2. The van der Waals surface area contributed by atoms with Gasteiger partial charge in [0.05, 0.1) is 30.4 Å². The van der Waals surface area contributed by atoms with Crippen molar-refractivity contribution in [3.63, 3.8) is 0 Å². The number of rotatable bonds is 10. The zero-order valence-electron chi connectivity index (χ0n) is 32.3. The van der Waals surface area contributed by atoms with Crippen LogP contribution in [-0.2, 0) is 14.9 Å². The van der Waals surface area contributed by atoms with Crippen molar-refractivity contribution in [2.45, 2.75) is 77.4 Å². The average Bonchev–Trinajstić information content (AvgIpc) is 3.11. The first-order valence-corrected chi connectivity index (χ1v) is 19.6. The fourth-order valence-corrected chi connectivity index (χ4v) is 7.72. The van der Waals surface area contributed by atoms with Gasteiger partial charge < -0.3 is 19.7 Å². The van der Waals surface area contributed by atoms with Crippen molar-refractivity contribution in [2.75, 3.05) is 72.1 Å². The van der Waals surface area contributed by atoms with Crippen molar-refractivity contribution in [1.29, 1.82) is 5.26 Å². The number of esters is 1. The Morgan fingerprint density at radius 3 is 2.36 bits per heavy atom. The maximum atomic E-state index is 12.3. The Balaban J connectivity index is 1.07. The van der Waals surface area contributed by atoms with Crippen LogP contribution in [0.3, 0.4) is 0 Å². The number of carbonyl (C=O) groups excluding carboxylic acids is 1. The molecule has 0 saturated carbocycles. The van der Waals surface area contributed by atoms with Crippen molar-refractivity contribution in [3.8, 4) is 11.8 Å². The average molecular weight is 744 g/mol. The molecule has 0 atom stereocenters. The summed E-state index contributed by atoms with van der Waals surface area (Å²) < 4.78 is 11.7. The van der Waals surface area contributed by atoms with E-state index >= 15 is 0 Å². The highest BCUT2D eigenvalue weighted by atomic mass is 35.5. The third kappa shape index (κ3) is 12.7. The Labute approximate surface area is 321 Å². The van der Waals surface area contributed by atoms with Gasteiger partial charge in [-0.15, -0.1) is 0 Å². The summed E-state index contributed by atoms with van der Waals surface area (Å²) in [5.41, 5.74) is 2.84. The molecule has 11 heteroatoms. The van der Waals surface area contributed by atoms with Gasteiger partial charge >= 0.3 is 5.97 Å². The second-order valence-corrected chi connectivity index (χ2v) is 16.5. The third-order valence-electron chi connectivity index (χ3n) is 10.6. The highest BCUT2D eigenvalue weighted by Crippen LogP contribution is 2.34. The number of carbonyl (C=O) groups is 1. The minimum atomic E-state index is -0.432. The summed E-state index contributed by atoms with van der Waals surface area (Å²) >= 11 is 6.31. The number of nitriles is 1. The maximum absolute atomic E-state index is 12.3. The molecule has 0 radical (unpaired) electrons. The second-order valence-electron chi connectivity index (χ2n) is 16.1. The van der Waals surface area contributed by atoms with Gasteiger partial charge in [-0.25, -0.2) is 4.99 Å². The Hall–Kier alpha value is -3.75. The molecule has 0 aliphatic carbocycles. The summed E-state index contributed by atoms with van der Waals surface area (Å²) in [7, 11) is 0. The van der Waals surface area contributed by atoms with Crippen LogP contribution in [0.5, 0.6) is 5.75 Å². The van der Waals surface area contributed by atoms with Gasteiger partial charge in [-0.3, -0.25) is 19.6 Å². The molecule has 2 fully saturated rings. The van der Waals surface area contributed by atoms with E-state index in [0.717, 1.165) is 107 Å². The predicted molar refractivity (Wildman–Crippen MR) is 214 cm³/mol. The van der Waals surface area contributed by atoms with Crippen LogP contribution in [0.2, 0.25) is 5.02 Å². The van der Waals surface area contributed by atoms with Gasteiger partial charge in [0.25, 0.3) is 0 Å². The minimum absolute atomic E-state index is 0.121. The molecule has 3 aliphatic heterocycles. The highest BCUT2D eigenvalue weighted by Gasteiger charge is 2.29. The maximum Gasteiger partial charge on any atom is 0.320 e. The third-order valence-corrected chi connectivity index (χ3v) is 10.8. The molecular weight excluding hydrogens is 686 g/mol. The number of nitrogens with zero attached hydrogens (tertiary/aromatic N) is 6. The van der Waals surface area contributed by atoms with Crippen LogP contribution < -0.4 is 10.1 Å². The number of allylic oxidation sites excluding steroid dienone is 1. The lowest BCUT2D eigenvalue weighted by atomic mass is 9.78. The van der Waals surface area contributed by atoms with E-state index in [9.17, 15) is 10.1 Å². The van der Waals surface area contributed by atoms with Crippen LogP contribution >= 0.6 is 11.6 Å². The minimum Gasteiger partial charge on any atom is -0.487 e. The molecule has 5 rings (SSSR count). The van der Waals surface area contributed by atoms with Gasteiger partial charge in [0, 0.05) is 48.9 Å². The van der Waals surface area contributed by atoms with Crippen LogP contribution in [0, 0.1) is 17.2 Å². The zero-order valence-corrected chi connectivity index (χ0v) is 33.1. The molecule has 10 nitrogen and oxygen atoms in total. The number of hydrogen-bond donors (Lipinski definition) is 1. The van der Waals surface area contributed by atoms with Crippen molar-refractivity contribution >= 4 is 30.1 Å². The van der Waals surface area contributed by atoms with Crippen molar-refractivity contribution in [3.05, 3.63) is 76.0 Å². The molecule has 0 bridgehead atoms. The Kier molecular flexibility index (Phi) is 14.5. The molecule has 0 aromatic heterocycles. The summed E-state index contributed by atoms with van der Waals surface area (Å²) in [6.45, 7) is 19.5. The van der Waals surface area contributed by atoms with Gasteiger partial charge in [-0.1, -0.05) is 37.6 Å². The van der Waals surface area contributed by atoms with E-state index in [-0.39, 0.29) is 11.4 Å². The number of ether oxygens (including phenoxy) is 2. The van der Waals surface area contributed by atoms with Crippen LogP contribution in [0.15, 0.2) is 64.2 Å². The van der Waals surface area contributed by atoms with E-state index in [1.807, 2.05) is 51.1 Å². The molecule has 53 heavy (non-hydrogen) atoms. The number of nitrogens with one attached hydrogen (secondary N) is 1. The molecule has 0 amide bonds. The standard InChI is InChI=1S/C42H58ClN7O3/c1-41(2,3)53-40(51)29-49-18-11-32(12-19-49)28-48-20-13-38(14-21-48)50-22-16-46-31-45-15-10-37(47-17-23-50)30-52-39-8-6-34(7-9-39)42(4,5)35-24-33(27-44)25-36(43)26-35/h6-10,15,24-26,31-32,38,47H,11-14,16-23,28-30H2,1-5H3. The van der Waals surface area contributed by atoms with Crippen LogP contribution in [-0.4, -0.2) is 117 Å². The fraction of sp³-hybridized carbons (Fsp3) is 0.571. The topological polar surface area (TPSA) is 106 Å². The van der Waals surface area contributed by atoms with Crippen molar-refractivity contribution < 1.29 is 14.3 Å². The van der Waals surface area contributed by atoms with Crippen molar-refractivity contribution in [1.82, 2.24) is 20.0 Å². The van der Waals surface area contributed by atoms with E-state index in [1.165, 1.54) is 0 Å². The van der Waals surface area contributed by atoms with E-state index in [4.69, 9.17) is 21.1 Å². The second kappa shape index (κ2) is 19.0. The van der Waals surface area contributed by atoms with E-state index < -0.39 is 5.60 Å². The fourth-order valence-electron chi connectivity index (χ4n) is 7.48.